The van der Waals surface area contributed by atoms with Gasteiger partial charge >= 0.3 is 6.18 Å². The average molecular weight is 290 g/mol. The molecule has 1 aromatic rings. The minimum atomic E-state index is -4.45. The lowest BCUT2D eigenvalue weighted by atomic mass is 10.0. The van der Waals surface area contributed by atoms with Crippen LogP contribution in [0.1, 0.15) is 24.8 Å². The molecule has 1 saturated carbocycles. The van der Waals surface area contributed by atoms with Crippen LogP contribution >= 0.6 is 0 Å². The van der Waals surface area contributed by atoms with Crippen LogP contribution in [0.4, 0.5) is 24.8 Å². The maximum atomic E-state index is 12.7. The molecule has 1 heterocycles. The molecule has 5 N–H and O–H groups in total. The molecule has 0 aromatic carbocycles. The second kappa shape index (κ2) is 5.45. The van der Waals surface area contributed by atoms with Crippen LogP contribution in [-0.2, 0) is 6.18 Å². The summed E-state index contributed by atoms with van der Waals surface area (Å²) in [4.78, 5) is 3.95. The number of hydrazine groups is 1. The van der Waals surface area contributed by atoms with Gasteiger partial charge in [0.1, 0.15) is 11.6 Å². The van der Waals surface area contributed by atoms with E-state index in [4.69, 9.17) is 10.9 Å². The smallest absolute Gasteiger partial charge is 0.396 e. The summed E-state index contributed by atoms with van der Waals surface area (Å²) >= 11 is 0. The van der Waals surface area contributed by atoms with Crippen LogP contribution in [0, 0.1) is 5.41 Å². The number of alkyl halides is 3. The lowest BCUT2D eigenvalue weighted by molar-refractivity contribution is -0.137. The molecule has 0 amide bonds. The summed E-state index contributed by atoms with van der Waals surface area (Å²) in [6.07, 6.45) is -1.89. The van der Waals surface area contributed by atoms with Gasteiger partial charge in [-0.2, -0.15) is 13.2 Å². The Bertz CT molecular complexity index is 474. The first kappa shape index (κ1) is 14.9. The van der Waals surface area contributed by atoms with Crippen molar-refractivity contribution in [2.45, 2.75) is 25.4 Å². The van der Waals surface area contributed by atoms with Crippen molar-refractivity contribution in [2.24, 2.45) is 11.3 Å². The number of nitrogen functional groups attached to an aromatic ring is 1. The number of hydrogen-bond donors (Lipinski definition) is 4. The van der Waals surface area contributed by atoms with Crippen molar-refractivity contribution in [3.63, 3.8) is 0 Å². The number of anilines is 2. The fraction of sp³-hybridized carbons (Fsp3) is 0.583. The maximum Gasteiger partial charge on any atom is 0.416 e. The van der Waals surface area contributed by atoms with E-state index in [0.717, 1.165) is 25.0 Å². The fourth-order valence-electron chi connectivity index (χ4n) is 2.07. The predicted octanol–water partition coefficient (Wildman–Crippen LogP) is 1.96. The van der Waals surface area contributed by atoms with Crippen LogP contribution in [0.2, 0.25) is 0 Å². The summed E-state index contributed by atoms with van der Waals surface area (Å²) in [6.45, 7) is 0.569. The van der Waals surface area contributed by atoms with Gasteiger partial charge in [-0.1, -0.05) is 0 Å². The molecule has 1 fully saturated rings. The van der Waals surface area contributed by atoms with E-state index in [2.05, 4.69) is 15.7 Å². The van der Waals surface area contributed by atoms with Crippen molar-refractivity contribution >= 4 is 11.6 Å². The standard InChI is InChI=1S/C12H17F3N4O/c13-12(14,15)8-5-9(18-10(6-8)19-16)17-7-11(1-2-11)3-4-20/h5-6,20H,1-4,7,16H2,(H2,17,18,19). The molecule has 1 aromatic heterocycles. The minimum Gasteiger partial charge on any atom is -0.396 e. The van der Waals surface area contributed by atoms with Gasteiger partial charge in [-0.25, -0.2) is 10.8 Å². The largest absolute Gasteiger partial charge is 0.416 e. The summed E-state index contributed by atoms with van der Waals surface area (Å²) < 4.78 is 38.2. The molecule has 1 aliphatic rings. The van der Waals surface area contributed by atoms with E-state index in [1.807, 2.05) is 0 Å². The number of rotatable bonds is 6. The second-order valence-electron chi connectivity index (χ2n) is 5.10. The summed E-state index contributed by atoms with van der Waals surface area (Å²) in [7, 11) is 0. The highest BCUT2D eigenvalue weighted by atomic mass is 19.4. The molecule has 1 aliphatic carbocycles. The normalized spacial score (nSPS) is 16.9. The molecule has 2 rings (SSSR count). The van der Waals surface area contributed by atoms with Crippen LogP contribution in [0.5, 0.6) is 0 Å². The van der Waals surface area contributed by atoms with Gasteiger partial charge in [-0.3, -0.25) is 0 Å². The van der Waals surface area contributed by atoms with Crippen LogP contribution in [-0.4, -0.2) is 23.2 Å². The molecule has 0 saturated heterocycles. The number of nitrogens with one attached hydrogen (secondary N) is 2. The molecule has 20 heavy (non-hydrogen) atoms. The van der Waals surface area contributed by atoms with E-state index in [9.17, 15) is 13.2 Å². The molecular weight excluding hydrogens is 273 g/mol. The molecule has 112 valence electrons. The van der Waals surface area contributed by atoms with Gasteiger partial charge in [0.25, 0.3) is 0 Å². The maximum absolute atomic E-state index is 12.7. The first-order valence-electron chi connectivity index (χ1n) is 6.29. The van der Waals surface area contributed by atoms with E-state index in [1.54, 1.807) is 0 Å². The Morgan fingerprint density at radius 3 is 2.45 bits per heavy atom. The Morgan fingerprint density at radius 1 is 1.30 bits per heavy atom. The average Bonchev–Trinajstić information content (AvgIpc) is 3.16. The van der Waals surface area contributed by atoms with Crippen molar-refractivity contribution in [3.05, 3.63) is 17.7 Å². The van der Waals surface area contributed by atoms with Gasteiger partial charge in [0.05, 0.1) is 5.56 Å². The van der Waals surface area contributed by atoms with Crippen molar-refractivity contribution in [3.8, 4) is 0 Å². The molecule has 0 radical (unpaired) electrons. The first-order valence-corrected chi connectivity index (χ1v) is 6.29. The predicted molar refractivity (Wildman–Crippen MR) is 68.9 cm³/mol. The summed E-state index contributed by atoms with van der Waals surface area (Å²) in [5, 5.41) is 11.9. The highest BCUT2D eigenvalue weighted by Gasteiger charge is 2.41. The second-order valence-corrected chi connectivity index (χ2v) is 5.10. The third-order valence-corrected chi connectivity index (χ3v) is 3.54. The lowest BCUT2D eigenvalue weighted by Crippen LogP contribution is -2.19. The van der Waals surface area contributed by atoms with Gasteiger partial charge < -0.3 is 15.8 Å². The zero-order valence-corrected chi connectivity index (χ0v) is 10.8. The molecule has 8 heteroatoms. The van der Waals surface area contributed by atoms with Crippen molar-refractivity contribution < 1.29 is 18.3 Å². The van der Waals surface area contributed by atoms with Crippen LogP contribution in [0.15, 0.2) is 12.1 Å². The Balaban J connectivity index is 2.11. The molecule has 0 bridgehead atoms. The zero-order chi connectivity index (χ0) is 14.8. The number of halogens is 3. The van der Waals surface area contributed by atoms with E-state index in [1.165, 1.54) is 0 Å². The van der Waals surface area contributed by atoms with Crippen LogP contribution in [0.25, 0.3) is 0 Å². The Morgan fingerprint density at radius 2 is 1.95 bits per heavy atom. The van der Waals surface area contributed by atoms with E-state index < -0.39 is 11.7 Å². The number of nitrogens with two attached hydrogens (primary N) is 1. The summed E-state index contributed by atoms with van der Waals surface area (Å²) in [5.41, 5.74) is 1.30. The van der Waals surface area contributed by atoms with E-state index in [-0.39, 0.29) is 23.7 Å². The van der Waals surface area contributed by atoms with E-state index in [0.29, 0.717) is 13.0 Å². The number of nitrogens with zero attached hydrogens (tertiary/aromatic N) is 1. The monoisotopic (exact) mass is 290 g/mol. The molecular formula is C12H17F3N4O. The van der Waals surface area contributed by atoms with Gasteiger partial charge in [0.2, 0.25) is 0 Å². The van der Waals surface area contributed by atoms with E-state index >= 15 is 0 Å². The molecule has 0 atom stereocenters. The van der Waals surface area contributed by atoms with Gasteiger partial charge in [-0.15, -0.1) is 0 Å². The number of pyridine rings is 1. The molecule has 0 spiro atoms. The van der Waals surface area contributed by atoms with Gasteiger partial charge in [0, 0.05) is 13.2 Å². The lowest BCUT2D eigenvalue weighted by Gasteiger charge is -2.17. The van der Waals surface area contributed by atoms with Crippen LogP contribution in [0.3, 0.4) is 0 Å². The topological polar surface area (TPSA) is 83.2 Å². The van der Waals surface area contributed by atoms with Crippen molar-refractivity contribution in [1.82, 2.24) is 4.98 Å². The van der Waals surface area contributed by atoms with Gasteiger partial charge in [-0.05, 0) is 36.8 Å². The number of aromatic nitrogens is 1. The highest BCUT2D eigenvalue weighted by molar-refractivity contribution is 5.49. The molecule has 5 nitrogen and oxygen atoms in total. The molecule has 0 unspecified atom stereocenters. The first-order chi connectivity index (χ1) is 9.38. The quantitative estimate of drug-likeness (QED) is 0.475. The SMILES string of the molecule is NNc1cc(C(F)(F)F)cc(NCC2(CCO)CC2)n1. The van der Waals surface area contributed by atoms with Gasteiger partial charge in [0.15, 0.2) is 0 Å². The summed E-state index contributed by atoms with van der Waals surface area (Å²) in [5.74, 6) is 5.21. The summed E-state index contributed by atoms with van der Waals surface area (Å²) in [6, 6.07) is 1.81. The fourth-order valence-corrected chi connectivity index (χ4v) is 2.07. The number of aliphatic hydroxyl groups excluding tert-OH is 1. The van der Waals surface area contributed by atoms with Crippen LogP contribution < -0.4 is 16.6 Å². The zero-order valence-electron chi connectivity index (χ0n) is 10.8. The number of hydrogen-bond acceptors (Lipinski definition) is 5. The highest BCUT2D eigenvalue weighted by Crippen LogP contribution is 2.48. The minimum absolute atomic E-state index is 0.0129. The third-order valence-electron chi connectivity index (χ3n) is 3.54. The van der Waals surface area contributed by atoms with Crippen molar-refractivity contribution in [1.29, 1.82) is 0 Å². The van der Waals surface area contributed by atoms with Crippen molar-refractivity contribution in [2.75, 3.05) is 23.9 Å². The number of aliphatic hydroxyl groups is 1. The Hall–Kier alpha value is -1.54. The Labute approximate surface area is 114 Å². The Kier molecular flexibility index (Phi) is 4.05. The molecule has 0 aliphatic heterocycles. The third kappa shape index (κ3) is 3.51.